The summed E-state index contributed by atoms with van der Waals surface area (Å²) in [7, 11) is 1.69. The van der Waals surface area contributed by atoms with Gasteiger partial charge < -0.3 is 14.8 Å². The Morgan fingerprint density at radius 2 is 2.14 bits per heavy atom. The number of hydrogen-bond acceptors (Lipinski definition) is 4. The van der Waals surface area contributed by atoms with Gasteiger partial charge in [-0.15, -0.1) is 0 Å². The van der Waals surface area contributed by atoms with Crippen LogP contribution >= 0.6 is 0 Å². The highest BCUT2D eigenvalue weighted by Gasteiger charge is 2.52. The molecule has 2 atom stereocenters. The van der Waals surface area contributed by atoms with Crippen molar-refractivity contribution in [2.45, 2.75) is 44.5 Å². The van der Waals surface area contributed by atoms with Crippen molar-refractivity contribution in [3.8, 4) is 5.75 Å². The van der Waals surface area contributed by atoms with Gasteiger partial charge in [0.2, 0.25) is 5.91 Å². The first-order valence-corrected chi connectivity index (χ1v) is 10.0. The number of amides is 1. The van der Waals surface area contributed by atoms with Gasteiger partial charge in [0.05, 0.1) is 19.3 Å². The van der Waals surface area contributed by atoms with Gasteiger partial charge >= 0.3 is 0 Å². The number of benzene rings is 2. The molecule has 1 spiro atoms. The van der Waals surface area contributed by atoms with Crippen molar-refractivity contribution in [2.75, 3.05) is 20.3 Å². The van der Waals surface area contributed by atoms with E-state index in [1.54, 1.807) is 7.11 Å². The Balaban J connectivity index is 1.61. The van der Waals surface area contributed by atoms with Crippen LogP contribution in [0, 0.1) is 0 Å². The second kappa shape index (κ2) is 7.94. The van der Waals surface area contributed by atoms with E-state index in [0.29, 0.717) is 19.6 Å². The van der Waals surface area contributed by atoms with Crippen LogP contribution in [0.3, 0.4) is 0 Å². The van der Waals surface area contributed by atoms with Crippen molar-refractivity contribution in [1.29, 1.82) is 0 Å². The molecule has 0 aromatic heterocycles. The van der Waals surface area contributed by atoms with Crippen LogP contribution in [0.2, 0.25) is 0 Å². The minimum Gasteiger partial charge on any atom is -0.497 e. The van der Waals surface area contributed by atoms with Gasteiger partial charge in [-0.05, 0) is 35.2 Å². The molecule has 1 fully saturated rings. The summed E-state index contributed by atoms with van der Waals surface area (Å²) in [6.45, 7) is 4.94. The van der Waals surface area contributed by atoms with E-state index < -0.39 is 6.10 Å². The monoisotopic (exact) mass is 380 g/mol. The Labute approximate surface area is 166 Å². The molecular weight excluding hydrogens is 352 g/mol. The molecule has 1 saturated heterocycles. The third-order valence-electron chi connectivity index (χ3n) is 5.88. The van der Waals surface area contributed by atoms with E-state index in [4.69, 9.17) is 9.47 Å². The molecule has 2 aliphatic rings. The van der Waals surface area contributed by atoms with Crippen LogP contribution in [0.1, 0.15) is 36.5 Å². The highest BCUT2D eigenvalue weighted by Crippen LogP contribution is 2.47. The summed E-state index contributed by atoms with van der Waals surface area (Å²) < 4.78 is 11.4. The zero-order valence-corrected chi connectivity index (χ0v) is 16.6. The molecule has 28 heavy (non-hydrogen) atoms. The van der Waals surface area contributed by atoms with E-state index >= 15 is 0 Å². The summed E-state index contributed by atoms with van der Waals surface area (Å²) in [5.41, 5.74) is 3.56. The first-order chi connectivity index (χ1) is 13.7. The van der Waals surface area contributed by atoms with E-state index in [1.807, 2.05) is 12.1 Å². The third kappa shape index (κ3) is 3.40. The Kier molecular flexibility index (Phi) is 5.38. The Bertz CT molecular complexity index is 853. The van der Waals surface area contributed by atoms with Crippen molar-refractivity contribution < 1.29 is 14.3 Å². The van der Waals surface area contributed by atoms with Crippen LogP contribution in [0.4, 0.5) is 0 Å². The average molecular weight is 380 g/mol. The van der Waals surface area contributed by atoms with Gasteiger partial charge in [0, 0.05) is 26.1 Å². The van der Waals surface area contributed by atoms with Crippen LogP contribution in [-0.2, 0) is 28.2 Å². The summed E-state index contributed by atoms with van der Waals surface area (Å²) in [5.74, 6) is 0.868. The molecule has 1 N–H and O–H groups in total. The van der Waals surface area contributed by atoms with Crippen molar-refractivity contribution in [3.05, 3.63) is 65.2 Å². The topological polar surface area (TPSA) is 50.8 Å². The van der Waals surface area contributed by atoms with Crippen molar-refractivity contribution >= 4 is 5.91 Å². The molecule has 148 valence electrons. The zero-order valence-electron chi connectivity index (χ0n) is 16.6. The molecule has 2 aromatic rings. The smallest absolute Gasteiger partial charge is 0.249 e. The van der Waals surface area contributed by atoms with Gasteiger partial charge in [0.1, 0.15) is 11.9 Å². The third-order valence-corrected chi connectivity index (χ3v) is 5.88. The van der Waals surface area contributed by atoms with Gasteiger partial charge in [-0.2, -0.15) is 0 Å². The second-order valence-corrected chi connectivity index (χ2v) is 7.69. The Morgan fingerprint density at radius 1 is 1.29 bits per heavy atom. The number of fused-ring (bicyclic) bond motifs is 2. The van der Waals surface area contributed by atoms with Crippen molar-refractivity contribution in [3.63, 3.8) is 0 Å². The summed E-state index contributed by atoms with van der Waals surface area (Å²) in [4.78, 5) is 15.0. The average Bonchev–Trinajstić information content (AvgIpc) is 3.30. The van der Waals surface area contributed by atoms with Crippen LogP contribution in [-0.4, -0.2) is 37.2 Å². The number of carbonyl (C=O) groups excluding carboxylic acids is 1. The molecule has 2 aliphatic heterocycles. The first kappa shape index (κ1) is 19.0. The van der Waals surface area contributed by atoms with Crippen LogP contribution < -0.4 is 10.1 Å². The van der Waals surface area contributed by atoms with Gasteiger partial charge in [-0.3, -0.25) is 9.69 Å². The summed E-state index contributed by atoms with van der Waals surface area (Å²) in [6, 6.07) is 16.7. The van der Waals surface area contributed by atoms with E-state index in [1.165, 1.54) is 16.7 Å². The van der Waals surface area contributed by atoms with Crippen LogP contribution in [0.25, 0.3) is 0 Å². The fraction of sp³-hybridized carbons (Fsp3) is 0.435. The number of nitrogens with one attached hydrogen (secondary N) is 1. The number of carbonyl (C=O) groups is 1. The van der Waals surface area contributed by atoms with Gasteiger partial charge in [-0.25, -0.2) is 0 Å². The standard InChI is InChI=1S/C23H28N2O3/c1-3-11-24-22(26)21-13-23(16-28-21)20-10-5-4-8-18(20)15-25(23)14-17-7-6-9-19(12-17)27-2/h4-10,12,21H,3,11,13-16H2,1-2H3,(H,24,26)/t21-,23+/m0/s1. The van der Waals surface area contributed by atoms with Gasteiger partial charge in [-0.1, -0.05) is 43.3 Å². The minimum atomic E-state index is -0.398. The predicted molar refractivity (Wildman–Crippen MR) is 108 cm³/mol. The maximum absolute atomic E-state index is 12.5. The quantitative estimate of drug-likeness (QED) is 0.836. The van der Waals surface area contributed by atoms with E-state index in [-0.39, 0.29) is 11.4 Å². The number of methoxy groups -OCH3 is 1. The maximum atomic E-state index is 12.5. The van der Waals surface area contributed by atoms with Crippen LogP contribution in [0.15, 0.2) is 48.5 Å². The SMILES string of the molecule is CCCNC(=O)[C@@H]1C[C@@]2(CO1)c1ccccc1CN2Cc1cccc(OC)c1. The summed E-state index contributed by atoms with van der Waals surface area (Å²) >= 11 is 0. The molecule has 5 heteroatoms. The molecule has 0 aliphatic carbocycles. The molecule has 1 amide bonds. The molecule has 0 bridgehead atoms. The Morgan fingerprint density at radius 3 is 2.96 bits per heavy atom. The fourth-order valence-electron chi connectivity index (χ4n) is 4.44. The maximum Gasteiger partial charge on any atom is 0.249 e. The van der Waals surface area contributed by atoms with Crippen molar-refractivity contribution in [1.82, 2.24) is 10.2 Å². The minimum absolute atomic E-state index is 0.00411. The van der Waals surface area contributed by atoms with Gasteiger partial charge in [0.15, 0.2) is 0 Å². The van der Waals surface area contributed by atoms with E-state index in [0.717, 1.165) is 25.3 Å². The van der Waals surface area contributed by atoms with E-state index in [9.17, 15) is 4.79 Å². The molecule has 0 unspecified atom stereocenters. The van der Waals surface area contributed by atoms with Gasteiger partial charge in [0.25, 0.3) is 0 Å². The molecular formula is C23H28N2O3. The lowest BCUT2D eigenvalue weighted by atomic mass is 9.86. The largest absolute Gasteiger partial charge is 0.497 e. The molecule has 5 nitrogen and oxygen atoms in total. The Hall–Kier alpha value is -2.37. The number of rotatable bonds is 6. The molecule has 4 rings (SSSR count). The molecule has 0 saturated carbocycles. The lowest BCUT2D eigenvalue weighted by molar-refractivity contribution is -0.130. The first-order valence-electron chi connectivity index (χ1n) is 10.0. The summed E-state index contributed by atoms with van der Waals surface area (Å²) in [5, 5.41) is 2.99. The predicted octanol–water partition coefficient (Wildman–Crippen LogP) is 3.22. The normalized spacial score (nSPS) is 23.7. The summed E-state index contributed by atoms with van der Waals surface area (Å²) in [6.07, 6.45) is 1.21. The zero-order chi connectivity index (χ0) is 19.6. The highest BCUT2D eigenvalue weighted by molar-refractivity contribution is 5.81. The fourth-order valence-corrected chi connectivity index (χ4v) is 4.44. The number of nitrogens with zero attached hydrogens (tertiary/aromatic N) is 1. The number of hydrogen-bond donors (Lipinski definition) is 1. The highest BCUT2D eigenvalue weighted by atomic mass is 16.5. The molecule has 2 heterocycles. The molecule has 0 radical (unpaired) electrons. The van der Waals surface area contributed by atoms with Crippen molar-refractivity contribution in [2.24, 2.45) is 0 Å². The van der Waals surface area contributed by atoms with E-state index in [2.05, 4.69) is 53.5 Å². The number of ether oxygens (including phenoxy) is 2. The second-order valence-electron chi connectivity index (χ2n) is 7.69. The van der Waals surface area contributed by atoms with Crippen LogP contribution in [0.5, 0.6) is 5.75 Å². The molecule has 2 aromatic carbocycles. The lowest BCUT2D eigenvalue weighted by Gasteiger charge is -2.35. The lowest BCUT2D eigenvalue weighted by Crippen LogP contribution is -2.42.